The molecule has 2 heteroatoms. The standard InChI is InChI=1S/C14H16N2/c1-4-8-16(9-5-2)14-7-6-12(3)10-13(14)11-15/h1,6-7,10H,5,8-9H2,2-3H3. The van der Waals surface area contributed by atoms with E-state index < -0.39 is 0 Å². The summed E-state index contributed by atoms with van der Waals surface area (Å²) in [7, 11) is 0. The molecule has 0 saturated carbocycles. The SMILES string of the molecule is C#CCN(CCC)c1ccc(C)cc1C#N. The van der Waals surface area contributed by atoms with Gasteiger partial charge in [-0.15, -0.1) is 6.42 Å². The minimum atomic E-state index is 0.547. The summed E-state index contributed by atoms with van der Waals surface area (Å²) >= 11 is 0. The molecule has 0 fully saturated rings. The molecule has 1 rings (SSSR count). The van der Waals surface area contributed by atoms with Crippen LogP contribution < -0.4 is 4.90 Å². The van der Waals surface area contributed by atoms with Gasteiger partial charge in [0.2, 0.25) is 0 Å². The Labute approximate surface area is 97.5 Å². The maximum absolute atomic E-state index is 9.10. The molecule has 0 spiro atoms. The quantitative estimate of drug-likeness (QED) is 0.717. The van der Waals surface area contributed by atoms with Gasteiger partial charge >= 0.3 is 0 Å². The van der Waals surface area contributed by atoms with Crippen molar-refractivity contribution in [2.75, 3.05) is 18.0 Å². The minimum absolute atomic E-state index is 0.547. The maximum atomic E-state index is 9.10. The highest BCUT2D eigenvalue weighted by atomic mass is 15.1. The van der Waals surface area contributed by atoms with Gasteiger partial charge < -0.3 is 4.90 Å². The second-order valence-corrected chi connectivity index (χ2v) is 3.76. The van der Waals surface area contributed by atoms with Crippen molar-refractivity contribution in [1.29, 1.82) is 5.26 Å². The van der Waals surface area contributed by atoms with E-state index in [0.717, 1.165) is 24.2 Å². The van der Waals surface area contributed by atoms with Crippen molar-refractivity contribution in [2.24, 2.45) is 0 Å². The van der Waals surface area contributed by atoms with Gasteiger partial charge in [-0.3, -0.25) is 0 Å². The number of hydrogen-bond acceptors (Lipinski definition) is 2. The Morgan fingerprint density at radius 3 is 2.75 bits per heavy atom. The second kappa shape index (κ2) is 5.83. The van der Waals surface area contributed by atoms with Crippen LogP contribution in [0.15, 0.2) is 18.2 Å². The van der Waals surface area contributed by atoms with Crippen LogP contribution in [-0.4, -0.2) is 13.1 Å². The van der Waals surface area contributed by atoms with Gasteiger partial charge in [0.1, 0.15) is 6.07 Å². The van der Waals surface area contributed by atoms with E-state index in [0.29, 0.717) is 12.1 Å². The largest absolute Gasteiger partial charge is 0.359 e. The summed E-state index contributed by atoms with van der Waals surface area (Å²) in [5, 5.41) is 9.10. The molecule has 2 nitrogen and oxygen atoms in total. The van der Waals surface area contributed by atoms with E-state index in [4.69, 9.17) is 11.7 Å². The molecule has 0 aliphatic heterocycles. The molecule has 0 atom stereocenters. The molecule has 0 amide bonds. The number of hydrogen-bond donors (Lipinski definition) is 0. The minimum Gasteiger partial charge on any atom is -0.359 e. The zero-order valence-corrected chi connectivity index (χ0v) is 9.83. The number of terminal acetylenes is 1. The van der Waals surface area contributed by atoms with Crippen LogP contribution in [-0.2, 0) is 0 Å². The first-order valence-corrected chi connectivity index (χ1v) is 5.42. The third-order valence-electron chi connectivity index (χ3n) is 2.39. The summed E-state index contributed by atoms with van der Waals surface area (Å²) in [6, 6.07) is 8.10. The van der Waals surface area contributed by atoms with Crippen molar-refractivity contribution in [1.82, 2.24) is 0 Å². The molecule has 0 N–H and O–H groups in total. The molecule has 16 heavy (non-hydrogen) atoms. The van der Waals surface area contributed by atoms with E-state index in [1.54, 1.807) is 0 Å². The van der Waals surface area contributed by atoms with E-state index in [1.807, 2.05) is 25.1 Å². The molecule has 1 aromatic rings. The van der Waals surface area contributed by atoms with Crippen LogP contribution in [0.4, 0.5) is 5.69 Å². The first-order chi connectivity index (χ1) is 7.72. The van der Waals surface area contributed by atoms with Crippen LogP contribution in [0.3, 0.4) is 0 Å². The van der Waals surface area contributed by atoms with Gasteiger partial charge in [0.05, 0.1) is 17.8 Å². The summed E-state index contributed by atoms with van der Waals surface area (Å²) in [5.41, 5.74) is 2.73. The normalized spacial score (nSPS) is 9.25. The van der Waals surface area contributed by atoms with Crippen LogP contribution in [0.1, 0.15) is 24.5 Å². The summed E-state index contributed by atoms with van der Waals surface area (Å²) in [5.74, 6) is 2.63. The molecule has 0 radical (unpaired) electrons. The van der Waals surface area contributed by atoms with Gasteiger partial charge in [-0.2, -0.15) is 5.26 Å². The second-order valence-electron chi connectivity index (χ2n) is 3.76. The average Bonchev–Trinajstić information content (AvgIpc) is 2.28. The van der Waals surface area contributed by atoms with Crippen molar-refractivity contribution in [3.63, 3.8) is 0 Å². The van der Waals surface area contributed by atoms with Gasteiger partial charge in [-0.25, -0.2) is 0 Å². The molecule has 0 saturated heterocycles. The highest BCUT2D eigenvalue weighted by molar-refractivity contribution is 5.60. The zero-order chi connectivity index (χ0) is 12.0. The lowest BCUT2D eigenvalue weighted by molar-refractivity contribution is 0.822. The Morgan fingerprint density at radius 2 is 2.19 bits per heavy atom. The van der Waals surface area contributed by atoms with Gasteiger partial charge in [0, 0.05) is 6.54 Å². The van der Waals surface area contributed by atoms with Crippen molar-refractivity contribution < 1.29 is 0 Å². The Kier molecular flexibility index (Phi) is 4.42. The van der Waals surface area contributed by atoms with Gasteiger partial charge in [0.25, 0.3) is 0 Å². The molecule has 0 unspecified atom stereocenters. The molecule has 0 heterocycles. The van der Waals surface area contributed by atoms with Crippen LogP contribution >= 0.6 is 0 Å². The van der Waals surface area contributed by atoms with Crippen molar-refractivity contribution in [3.05, 3.63) is 29.3 Å². The van der Waals surface area contributed by atoms with Crippen molar-refractivity contribution in [3.8, 4) is 18.4 Å². The zero-order valence-electron chi connectivity index (χ0n) is 9.83. The molecule has 0 bridgehead atoms. The van der Waals surface area contributed by atoms with E-state index in [-0.39, 0.29) is 0 Å². The molecule has 82 valence electrons. The van der Waals surface area contributed by atoms with Crippen LogP contribution in [0, 0.1) is 30.6 Å². The molecule has 0 aliphatic rings. The highest BCUT2D eigenvalue weighted by Gasteiger charge is 2.09. The van der Waals surface area contributed by atoms with E-state index in [2.05, 4.69) is 23.8 Å². The summed E-state index contributed by atoms with van der Waals surface area (Å²) in [6.45, 7) is 5.51. The molecular formula is C14H16N2. The van der Waals surface area contributed by atoms with E-state index in [9.17, 15) is 0 Å². The predicted molar refractivity (Wildman–Crippen MR) is 67.2 cm³/mol. The van der Waals surface area contributed by atoms with E-state index >= 15 is 0 Å². The third-order valence-corrected chi connectivity index (χ3v) is 2.39. The van der Waals surface area contributed by atoms with Crippen molar-refractivity contribution >= 4 is 5.69 Å². The van der Waals surface area contributed by atoms with Gasteiger partial charge in [-0.05, 0) is 31.0 Å². The summed E-state index contributed by atoms with van der Waals surface area (Å²) in [4.78, 5) is 2.07. The summed E-state index contributed by atoms with van der Waals surface area (Å²) < 4.78 is 0. The number of rotatable bonds is 4. The molecule has 0 aromatic heterocycles. The van der Waals surface area contributed by atoms with E-state index in [1.165, 1.54) is 0 Å². The fourth-order valence-corrected chi connectivity index (χ4v) is 1.68. The lowest BCUT2D eigenvalue weighted by atomic mass is 10.1. The summed E-state index contributed by atoms with van der Waals surface area (Å²) in [6.07, 6.45) is 6.36. The van der Waals surface area contributed by atoms with Crippen molar-refractivity contribution in [2.45, 2.75) is 20.3 Å². The first kappa shape index (κ1) is 12.1. The number of nitrogens with zero attached hydrogens (tertiary/aromatic N) is 2. The van der Waals surface area contributed by atoms with Crippen LogP contribution in [0.2, 0.25) is 0 Å². The first-order valence-electron chi connectivity index (χ1n) is 5.42. The fraction of sp³-hybridized carbons (Fsp3) is 0.357. The molecule has 0 aliphatic carbocycles. The molecule has 1 aromatic carbocycles. The Morgan fingerprint density at radius 1 is 1.44 bits per heavy atom. The third kappa shape index (κ3) is 2.78. The number of aryl methyl sites for hydroxylation is 1. The lowest BCUT2D eigenvalue weighted by Gasteiger charge is -2.23. The smallest absolute Gasteiger partial charge is 0.101 e. The number of anilines is 1. The number of benzene rings is 1. The molecular weight excluding hydrogens is 196 g/mol. The van der Waals surface area contributed by atoms with Crippen LogP contribution in [0.5, 0.6) is 0 Å². The Bertz CT molecular complexity index is 435. The topological polar surface area (TPSA) is 27.0 Å². The van der Waals surface area contributed by atoms with Gasteiger partial charge in [-0.1, -0.05) is 18.9 Å². The highest BCUT2D eigenvalue weighted by Crippen LogP contribution is 2.21. The lowest BCUT2D eigenvalue weighted by Crippen LogP contribution is -2.25. The fourth-order valence-electron chi connectivity index (χ4n) is 1.68. The van der Waals surface area contributed by atoms with Crippen LogP contribution in [0.25, 0.3) is 0 Å². The predicted octanol–water partition coefficient (Wildman–Crippen LogP) is 2.72. The Hall–Kier alpha value is -1.93. The maximum Gasteiger partial charge on any atom is 0.101 e. The monoisotopic (exact) mass is 212 g/mol. The van der Waals surface area contributed by atoms with Gasteiger partial charge in [0.15, 0.2) is 0 Å². The number of nitriles is 1. The average molecular weight is 212 g/mol. The Balaban J connectivity index is 3.09.